The van der Waals surface area contributed by atoms with Crippen molar-refractivity contribution < 1.29 is 19.1 Å². The van der Waals surface area contributed by atoms with Crippen LogP contribution in [-0.2, 0) is 19.1 Å². The van der Waals surface area contributed by atoms with Crippen molar-refractivity contribution in [1.29, 1.82) is 0 Å². The molecule has 0 N–H and O–H groups in total. The highest BCUT2D eigenvalue weighted by Crippen LogP contribution is 2.08. The molecule has 0 spiro atoms. The normalized spacial score (nSPS) is 10.8. The first-order valence-corrected chi connectivity index (χ1v) is 5.11. The lowest BCUT2D eigenvalue weighted by atomic mass is 10.1. The summed E-state index contributed by atoms with van der Waals surface area (Å²) < 4.78 is 9.41. The van der Waals surface area contributed by atoms with Gasteiger partial charge >= 0.3 is 11.9 Å². The quantitative estimate of drug-likeness (QED) is 0.589. The van der Waals surface area contributed by atoms with E-state index in [4.69, 9.17) is 4.74 Å². The zero-order chi connectivity index (χ0) is 12.7. The number of methoxy groups -OCH3 is 1. The Labute approximate surface area is 99.8 Å². The minimum absolute atomic E-state index is 0.0864. The number of hydrogen-bond donors (Lipinski definition) is 0. The first-order valence-electron chi connectivity index (χ1n) is 5.11. The fourth-order valence-corrected chi connectivity index (χ4v) is 1.22. The molecule has 0 unspecified atom stereocenters. The molecule has 1 rings (SSSR count). The van der Waals surface area contributed by atoms with Gasteiger partial charge in [0.2, 0.25) is 0 Å². The molecule has 0 bridgehead atoms. The van der Waals surface area contributed by atoms with Crippen molar-refractivity contribution in [2.45, 2.75) is 6.92 Å². The summed E-state index contributed by atoms with van der Waals surface area (Å²) in [6, 6.07) is 9.27. The predicted molar refractivity (Wildman–Crippen MR) is 63.1 cm³/mol. The number of rotatable bonds is 4. The van der Waals surface area contributed by atoms with Crippen LogP contribution in [0.2, 0.25) is 0 Å². The van der Waals surface area contributed by atoms with Crippen molar-refractivity contribution in [3.63, 3.8) is 0 Å². The summed E-state index contributed by atoms with van der Waals surface area (Å²) in [7, 11) is 1.29. The Morgan fingerprint density at radius 2 is 1.88 bits per heavy atom. The van der Waals surface area contributed by atoms with E-state index in [9.17, 15) is 9.59 Å². The number of benzene rings is 1. The van der Waals surface area contributed by atoms with E-state index in [1.165, 1.54) is 14.0 Å². The first kappa shape index (κ1) is 13.0. The van der Waals surface area contributed by atoms with E-state index >= 15 is 0 Å². The molecule has 17 heavy (non-hydrogen) atoms. The highest BCUT2D eigenvalue weighted by molar-refractivity contribution is 5.94. The molecule has 0 aliphatic carbocycles. The average Bonchev–Trinajstić information content (AvgIpc) is 2.34. The fraction of sp³-hybridized carbons (Fsp3) is 0.231. The highest BCUT2D eigenvalue weighted by Gasteiger charge is 2.11. The van der Waals surface area contributed by atoms with E-state index in [2.05, 4.69) is 4.74 Å². The largest absolute Gasteiger partial charge is 0.466 e. The summed E-state index contributed by atoms with van der Waals surface area (Å²) in [5.41, 5.74) is 1.15. The van der Waals surface area contributed by atoms with E-state index in [0.29, 0.717) is 5.57 Å². The Bertz CT molecular complexity index is 420. The third-order valence-corrected chi connectivity index (χ3v) is 2.02. The number of hydrogen-bond acceptors (Lipinski definition) is 4. The summed E-state index contributed by atoms with van der Waals surface area (Å²) in [5.74, 6) is -0.942. The second-order valence-electron chi connectivity index (χ2n) is 3.35. The van der Waals surface area contributed by atoms with Crippen molar-refractivity contribution in [1.82, 2.24) is 0 Å². The lowest BCUT2D eigenvalue weighted by Gasteiger charge is -2.05. The van der Waals surface area contributed by atoms with Gasteiger partial charge in [0.05, 0.1) is 12.7 Å². The van der Waals surface area contributed by atoms with Gasteiger partial charge in [-0.25, -0.2) is 4.79 Å². The predicted octanol–water partition coefficient (Wildman–Crippen LogP) is 1.81. The van der Waals surface area contributed by atoms with Gasteiger partial charge in [0, 0.05) is 6.92 Å². The number of carbonyl (C=O) groups is 2. The standard InChI is InChI=1S/C13H14O4/c1-10(14)17-9-12(13(15)16-2)8-11-6-4-3-5-7-11/h3-8H,9H2,1-2H3/b12-8-. The van der Waals surface area contributed by atoms with Gasteiger partial charge in [0.25, 0.3) is 0 Å². The third-order valence-electron chi connectivity index (χ3n) is 2.02. The summed E-state index contributed by atoms with van der Waals surface area (Å²) in [6.07, 6.45) is 1.63. The van der Waals surface area contributed by atoms with Crippen LogP contribution in [0.4, 0.5) is 0 Å². The second-order valence-corrected chi connectivity index (χ2v) is 3.35. The molecule has 0 saturated heterocycles. The Morgan fingerprint density at radius 3 is 2.41 bits per heavy atom. The summed E-state index contributed by atoms with van der Waals surface area (Å²) in [5, 5.41) is 0. The van der Waals surface area contributed by atoms with Crippen LogP contribution >= 0.6 is 0 Å². The molecule has 1 aromatic rings. The van der Waals surface area contributed by atoms with Crippen molar-refractivity contribution in [2.24, 2.45) is 0 Å². The molecule has 0 aromatic heterocycles. The molecule has 0 aliphatic rings. The molecule has 1 aromatic carbocycles. The lowest BCUT2D eigenvalue weighted by Crippen LogP contribution is -2.12. The Hall–Kier alpha value is -2.10. The molecule has 0 amide bonds. The minimum atomic E-state index is -0.505. The Kier molecular flexibility index (Phi) is 4.94. The molecule has 0 fully saturated rings. The third kappa shape index (κ3) is 4.51. The Balaban J connectivity index is 2.86. The SMILES string of the molecule is COC(=O)/C(=C\c1ccccc1)COC(C)=O. The van der Waals surface area contributed by atoms with Crippen LogP contribution in [-0.4, -0.2) is 25.7 Å². The van der Waals surface area contributed by atoms with Crippen LogP contribution in [0.1, 0.15) is 12.5 Å². The first-order chi connectivity index (χ1) is 8.13. The second kappa shape index (κ2) is 6.48. The van der Waals surface area contributed by atoms with Gasteiger partial charge in [-0.05, 0) is 11.6 Å². The smallest absolute Gasteiger partial charge is 0.337 e. The lowest BCUT2D eigenvalue weighted by molar-refractivity contribution is -0.141. The van der Waals surface area contributed by atoms with Crippen LogP contribution in [0.3, 0.4) is 0 Å². The minimum Gasteiger partial charge on any atom is -0.466 e. The molecule has 4 nitrogen and oxygen atoms in total. The van der Waals surface area contributed by atoms with Crippen LogP contribution in [0.5, 0.6) is 0 Å². The van der Waals surface area contributed by atoms with Crippen LogP contribution in [0.25, 0.3) is 6.08 Å². The van der Waals surface area contributed by atoms with Crippen molar-refractivity contribution in [3.05, 3.63) is 41.5 Å². The molecule has 0 radical (unpaired) electrons. The van der Waals surface area contributed by atoms with E-state index in [-0.39, 0.29) is 6.61 Å². The topological polar surface area (TPSA) is 52.6 Å². The van der Waals surface area contributed by atoms with Gasteiger partial charge in [0.1, 0.15) is 6.61 Å². The maximum atomic E-state index is 11.4. The highest BCUT2D eigenvalue weighted by atomic mass is 16.5. The molecular formula is C13H14O4. The maximum Gasteiger partial charge on any atom is 0.337 e. The molecule has 4 heteroatoms. The van der Waals surface area contributed by atoms with Crippen molar-refractivity contribution in [2.75, 3.05) is 13.7 Å². The average molecular weight is 234 g/mol. The van der Waals surface area contributed by atoms with Crippen LogP contribution in [0.15, 0.2) is 35.9 Å². The molecule has 0 heterocycles. The monoisotopic (exact) mass is 234 g/mol. The van der Waals surface area contributed by atoms with Gasteiger partial charge in [0.15, 0.2) is 0 Å². The molecular weight excluding hydrogens is 220 g/mol. The zero-order valence-electron chi connectivity index (χ0n) is 9.80. The zero-order valence-corrected chi connectivity index (χ0v) is 9.80. The molecule has 0 aliphatic heterocycles. The van der Waals surface area contributed by atoms with Gasteiger partial charge in [-0.2, -0.15) is 0 Å². The van der Waals surface area contributed by atoms with Crippen LogP contribution in [0, 0.1) is 0 Å². The van der Waals surface area contributed by atoms with Gasteiger partial charge in [-0.15, -0.1) is 0 Å². The van der Waals surface area contributed by atoms with E-state index in [1.807, 2.05) is 30.3 Å². The molecule has 0 atom stereocenters. The summed E-state index contributed by atoms with van der Waals surface area (Å²) in [6.45, 7) is 1.20. The molecule has 90 valence electrons. The van der Waals surface area contributed by atoms with Gasteiger partial charge < -0.3 is 9.47 Å². The number of ether oxygens (including phenoxy) is 2. The summed E-state index contributed by atoms with van der Waals surface area (Å²) in [4.78, 5) is 22.2. The van der Waals surface area contributed by atoms with E-state index in [0.717, 1.165) is 5.56 Å². The van der Waals surface area contributed by atoms with Crippen molar-refractivity contribution >= 4 is 18.0 Å². The number of carbonyl (C=O) groups excluding carboxylic acids is 2. The Morgan fingerprint density at radius 1 is 1.24 bits per heavy atom. The number of esters is 2. The molecule has 0 saturated carbocycles. The van der Waals surface area contributed by atoms with E-state index < -0.39 is 11.9 Å². The van der Waals surface area contributed by atoms with Gasteiger partial charge in [-0.3, -0.25) is 4.79 Å². The maximum absolute atomic E-state index is 11.4. The summed E-state index contributed by atoms with van der Waals surface area (Å²) >= 11 is 0. The van der Waals surface area contributed by atoms with Crippen LogP contribution < -0.4 is 0 Å². The van der Waals surface area contributed by atoms with Gasteiger partial charge in [-0.1, -0.05) is 30.3 Å². The van der Waals surface area contributed by atoms with Crippen molar-refractivity contribution in [3.8, 4) is 0 Å². The fourth-order valence-electron chi connectivity index (χ4n) is 1.22. The van der Waals surface area contributed by atoms with E-state index in [1.54, 1.807) is 6.08 Å².